The van der Waals surface area contributed by atoms with Crippen LogP contribution < -0.4 is 0 Å². The van der Waals surface area contributed by atoms with Crippen LogP contribution in [0.2, 0.25) is 0 Å². The third-order valence-electron chi connectivity index (χ3n) is 0. The molecule has 2 radical (unpaired) electrons. The summed E-state index contributed by atoms with van der Waals surface area (Å²) in [6.45, 7) is 0. The average molecular weight is 449 g/mol. The second-order valence-electron chi connectivity index (χ2n) is 0.0891. The summed E-state index contributed by atoms with van der Waals surface area (Å²) in [5, 5.41) is 0. The fourth-order valence-corrected chi connectivity index (χ4v) is 0. The van der Waals surface area contributed by atoms with Crippen molar-refractivity contribution in [2.75, 3.05) is 0 Å². The Balaban J connectivity index is 0. The standard InChI is InChI=1S/BHI2.W/c1-3-2;/h3H;. The van der Waals surface area contributed by atoms with Crippen molar-refractivity contribution in [3.63, 3.8) is 0 Å². The fraction of sp³-hybridized carbons (Fsp3) is 0. The van der Waals surface area contributed by atoms with Gasteiger partial charge in [0.1, 0.15) is 0 Å². The first kappa shape index (κ1) is 9.51. The van der Waals surface area contributed by atoms with Gasteiger partial charge in [-0.3, -0.25) is 0 Å². The predicted octanol–water partition coefficient (Wildman–Crippen LogP) is 1.12. The van der Waals surface area contributed by atoms with E-state index in [1.807, 2.05) is 0 Å². The quantitative estimate of drug-likeness (QED) is 0.384. The van der Waals surface area contributed by atoms with Crippen LogP contribution in [0.1, 0.15) is 0 Å². The maximum absolute atomic E-state index is 4.96. The second-order valence-corrected chi connectivity index (χ2v) is 4.01. The molecule has 4 heavy (non-hydrogen) atoms. The molecule has 0 nitrogen and oxygen atoms in total. The Kier molecular flexibility index (Phi) is 21.3. The Morgan fingerprint density at radius 1 is 1.75 bits per heavy atom. The summed E-state index contributed by atoms with van der Waals surface area (Å²) in [6.07, 6.45) is 0. The van der Waals surface area contributed by atoms with Gasteiger partial charge in [0.15, 0.2) is 0 Å². The molecule has 0 atom stereocenters. The SMILES string of the molecule is [B][IH]I.[W]. The van der Waals surface area contributed by atoms with E-state index in [0.717, 1.165) is 0 Å². The van der Waals surface area contributed by atoms with Crippen molar-refractivity contribution < 1.29 is 21.1 Å². The second kappa shape index (κ2) is 8.96. The third-order valence-corrected chi connectivity index (χ3v) is 0. The van der Waals surface area contributed by atoms with Gasteiger partial charge in [0, 0.05) is 21.1 Å². The molecule has 0 rings (SSSR count). The minimum Gasteiger partial charge on any atom is 0 e. The average Bonchev–Trinajstić information content (AvgIpc) is 0.918. The summed E-state index contributed by atoms with van der Waals surface area (Å²) in [5.74, 6) is 0. The molecule has 0 saturated heterocycles. The summed E-state index contributed by atoms with van der Waals surface area (Å²) in [4.78, 5) is 0. The number of halogens is 2. The fourth-order valence-electron chi connectivity index (χ4n) is 0. The van der Waals surface area contributed by atoms with Gasteiger partial charge in [-0.1, -0.05) is 0 Å². The van der Waals surface area contributed by atoms with Crippen LogP contribution in [0.15, 0.2) is 0 Å². The maximum atomic E-state index is 4.96. The van der Waals surface area contributed by atoms with Gasteiger partial charge in [0.05, 0.1) is 0 Å². The zero-order chi connectivity index (χ0) is 2.71. The Morgan fingerprint density at radius 2 is 1.75 bits per heavy atom. The molecule has 0 aliphatic carbocycles. The van der Waals surface area contributed by atoms with Crippen molar-refractivity contribution >= 4 is 41.3 Å². The number of hydrogen-bond acceptors (Lipinski definition) is 0. The van der Waals surface area contributed by atoms with E-state index in [2.05, 4.69) is 18.6 Å². The van der Waals surface area contributed by atoms with Crippen LogP contribution in [-0.2, 0) is 21.1 Å². The van der Waals surface area contributed by atoms with E-state index in [1.54, 1.807) is 0 Å². The smallest absolute Gasteiger partial charge is 0 e. The van der Waals surface area contributed by atoms with Crippen molar-refractivity contribution in [3.8, 4) is 0 Å². The first-order valence-corrected chi connectivity index (χ1v) is 8.52. The van der Waals surface area contributed by atoms with Crippen LogP contribution in [0.4, 0.5) is 0 Å². The van der Waals surface area contributed by atoms with Gasteiger partial charge in [-0.2, -0.15) is 0 Å². The first-order valence-electron chi connectivity index (χ1n) is 0.390. The van der Waals surface area contributed by atoms with Crippen molar-refractivity contribution in [1.29, 1.82) is 0 Å². The van der Waals surface area contributed by atoms with E-state index in [9.17, 15) is 0 Å². The Labute approximate surface area is 61.3 Å². The summed E-state index contributed by atoms with van der Waals surface area (Å²) >= 11 is 2.14. The summed E-state index contributed by atoms with van der Waals surface area (Å²) in [6, 6.07) is 0. The molecule has 0 aromatic carbocycles. The van der Waals surface area contributed by atoms with Gasteiger partial charge < -0.3 is 0 Å². The zero-order valence-electron chi connectivity index (χ0n) is 1.77. The van der Waals surface area contributed by atoms with Crippen molar-refractivity contribution in [3.05, 3.63) is 0 Å². The molecule has 0 saturated carbocycles. The van der Waals surface area contributed by atoms with Crippen LogP contribution in [0.5, 0.6) is 0 Å². The van der Waals surface area contributed by atoms with Crippen molar-refractivity contribution in [2.24, 2.45) is 0 Å². The molecule has 0 aliphatic rings. The van der Waals surface area contributed by atoms with Gasteiger partial charge in [0.2, 0.25) is 0 Å². The third kappa shape index (κ3) is 8.88. The molecule has 0 aromatic rings. The Bertz CT molecular complexity index is 6.00. The molecular weight excluding hydrogens is 448 g/mol. The molecule has 0 unspecified atom stereocenters. The topological polar surface area (TPSA) is 0 Å². The molecular formula is HBI2W. The number of rotatable bonds is 0. The number of hydrogen-bond donors (Lipinski definition) is 0. The van der Waals surface area contributed by atoms with E-state index in [1.165, 1.54) is 0 Å². The minimum atomic E-state index is -0.0600. The van der Waals surface area contributed by atoms with Crippen LogP contribution >= 0.6 is 35.6 Å². The van der Waals surface area contributed by atoms with E-state index >= 15 is 0 Å². The molecule has 24 valence electrons. The normalized spacial score (nSPS) is 5.25. The molecule has 0 amide bonds. The molecule has 0 fully saturated rings. The maximum Gasteiger partial charge on any atom is 0 e. The van der Waals surface area contributed by atoms with Crippen molar-refractivity contribution in [1.82, 2.24) is 0 Å². The first-order chi connectivity index (χ1) is 1.41. The van der Waals surface area contributed by atoms with Gasteiger partial charge >= 0.3 is 41.3 Å². The van der Waals surface area contributed by atoms with Gasteiger partial charge in [-0.25, -0.2) is 0 Å². The molecule has 0 aromatic heterocycles. The predicted molar refractivity (Wildman–Crippen MR) is 35.2 cm³/mol. The summed E-state index contributed by atoms with van der Waals surface area (Å²) in [7, 11) is 0. The summed E-state index contributed by atoms with van der Waals surface area (Å²) < 4.78 is 0. The van der Waals surface area contributed by atoms with Gasteiger partial charge in [0.25, 0.3) is 0 Å². The largest absolute Gasteiger partial charge is 0 e. The van der Waals surface area contributed by atoms with Crippen molar-refractivity contribution in [2.45, 2.75) is 0 Å². The molecule has 4 heteroatoms. The van der Waals surface area contributed by atoms with E-state index in [-0.39, 0.29) is 38.1 Å². The molecule has 0 heterocycles. The van der Waals surface area contributed by atoms with E-state index < -0.39 is 0 Å². The van der Waals surface area contributed by atoms with Gasteiger partial charge in [-0.05, 0) is 0 Å². The van der Waals surface area contributed by atoms with E-state index in [4.69, 9.17) is 5.70 Å². The van der Waals surface area contributed by atoms with Crippen LogP contribution in [0.25, 0.3) is 0 Å². The monoisotopic (exact) mass is 450 g/mol. The Hall–Kier alpha value is 2.21. The zero-order valence-corrected chi connectivity index (χ0v) is 9.19. The minimum absolute atomic E-state index is 0. The molecule has 0 spiro atoms. The molecule has 0 N–H and O–H groups in total. The molecule has 0 aliphatic heterocycles. The van der Waals surface area contributed by atoms with Gasteiger partial charge in [-0.15, -0.1) is 0 Å². The van der Waals surface area contributed by atoms with Crippen LogP contribution in [-0.4, -0.2) is 5.70 Å². The molecule has 0 bridgehead atoms. The van der Waals surface area contributed by atoms with Crippen LogP contribution in [0, 0.1) is 0 Å². The summed E-state index contributed by atoms with van der Waals surface area (Å²) in [5.41, 5.74) is 4.96. The van der Waals surface area contributed by atoms with E-state index in [0.29, 0.717) is 0 Å². The Morgan fingerprint density at radius 3 is 1.75 bits per heavy atom. The van der Waals surface area contributed by atoms with Crippen LogP contribution in [0.3, 0.4) is 0 Å².